The summed E-state index contributed by atoms with van der Waals surface area (Å²) in [4.78, 5) is 22.2. The minimum absolute atomic E-state index is 0.612. The molecule has 0 spiro atoms. The van der Waals surface area contributed by atoms with Gasteiger partial charge in [0.25, 0.3) is 0 Å². The maximum Gasteiger partial charge on any atom is 0.164 e. The van der Waals surface area contributed by atoms with E-state index in [4.69, 9.17) is 15.0 Å². The van der Waals surface area contributed by atoms with Gasteiger partial charge < -0.3 is 0 Å². The molecule has 3 heterocycles. The summed E-state index contributed by atoms with van der Waals surface area (Å²) < 4.78 is 0. The van der Waals surface area contributed by atoms with Crippen molar-refractivity contribution in [3.63, 3.8) is 0 Å². The highest BCUT2D eigenvalue weighted by molar-refractivity contribution is 7.99. The van der Waals surface area contributed by atoms with Gasteiger partial charge in [-0.2, -0.15) is 0 Å². The number of fused-ring (bicyclic) bond motifs is 11. The molecular weight excluding hydrogens is 737 g/mol. The Morgan fingerprint density at radius 2 is 0.831 bits per heavy atom. The summed E-state index contributed by atoms with van der Waals surface area (Å²) in [5.74, 6) is 1.85. The molecule has 4 nitrogen and oxygen atoms in total. The first-order valence-electron chi connectivity index (χ1n) is 19.7. The van der Waals surface area contributed by atoms with Gasteiger partial charge in [0.1, 0.15) is 0 Å². The first kappa shape index (κ1) is 34.8. The molecule has 10 aromatic rings. The van der Waals surface area contributed by atoms with Crippen LogP contribution in [0.4, 0.5) is 0 Å². The molecule has 276 valence electrons. The highest BCUT2D eigenvalue weighted by Crippen LogP contribution is 2.50. The fraction of sp³-hybridized carbons (Fsp3) is 0. The van der Waals surface area contributed by atoms with Crippen molar-refractivity contribution in [2.75, 3.05) is 0 Å². The van der Waals surface area contributed by atoms with E-state index >= 15 is 0 Å². The van der Waals surface area contributed by atoms with Gasteiger partial charge in [0.15, 0.2) is 17.5 Å². The molecule has 8 aromatic carbocycles. The average molecular weight is 771 g/mol. The first-order chi connectivity index (χ1) is 29.2. The molecule has 0 saturated heterocycles. The van der Waals surface area contributed by atoms with Crippen molar-refractivity contribution in [3.8, 4) is 89.8 Å². The molecule has 0 N–H and O–H groups in total. The van der Waals surface area contributed by atoms with E-state index in [1.54, 1.807) is 6.20 Å². The van der Waals surface area contributed by atoms with Gasteiger partial charge in [-0.25, -0.2) is 15.0 Å². The largest absolute Gasteiger partial charge is 0.264 e. The van der Waals surface area contributed by atoms with Crippen LogP contribution >= 0.6 is 11.8 Å². The third kappa shape index (κ3) is 6.38. The second-order valence-corrected chi connectivity index (χ2v) is 15.7. The van der Waals surface area contributed by atoms with Gasteiger partial charge in [0.2, 0.25) is 0 Å². The third-order valence-corrected chi connectivity index (χ3v) is 12.3. The quantitative estimate of drug-likeness (QED) is 0.178. The van der Waals surface area contributed by atoms with Gasteiger partial charge in [-0.1, -0.05) is 188 Å². The second kappa shape index (κ2) is 14.8. The van der Waals surface area contributed by atoms with Crippen LogP contribution in [0.1, 0.15) is 0 Å². The molecule has 0 unspecified atom stereocenters. The van der Waals surface area contributed by atoms with Gasteiger partial charge in [0.05, 0.1) is 0 Å². The minimum Gasteiger partial charge on any atom is -0.264 e. The van der Waals surface area contributed by atoms with Gasteiger partial charge in [-0.05, 0) is 84.6 Å². The van der Waals surface area contributed by atoms with Crippen LogP contribution in [0.3, 0.4) is 0 Å². The predicted octanol–water partition coefficient (Wildman–Crippen LogP) is 14.2. The number of rotatable bonds is 4. The molecule has 0 fully saturated rings. The maximum atomic E-state index is 5.21. The Bertz CT molecular complexity index is 3180. The van der Waals surface area contributed by atoms with Crippen LogP contribution in [0.2, 0.25) is 0 Å². The summed E-state index contributed by atoms with van der Waals surface area (Å²) in [6, 6.07) is 68.9. The van der Waals surface area contributed by atoms with Gasteiger partial charge in [0, 0.05) is 38.9 Å². The first-order valence-corrected chi connectivity index (χ1v) is 20.5. The van der Waals surface area contributed by atoms with E-state index in [1.165, 1.54) is 48.4 Å². The molecule has 59 heavy (non-hydrogen) atoms. The molecule has 11 rings (SSSR count). The molecule has 0 bridgehead atoms. The molecule has 0 atom stereocenters. The number of aromatic nitrogens is 4. The normalized spacial score (nSPS) is 11.7. The molecule has 0 radical (unpaired) electrons. The Kier molecular flexibility index (Phi) is 8.72. The molecule has 1 aliphatic rings. The molecule has 1 aliphatic heterocycles. The van der Waals surface area contributed by atoms with E-state index in [1.807, 2.05) is 42.2 Å². The zero-order valence-corrected chi connectivity index (χ0v) is 32.6. The van der Waals surface area contributed by atoms with Gasteiger partial charge in [-0.3, -0.25) is 4.98 Å². The lowest BCUT2D eigenvalue weighted by molar-refractivity contribution is 1.07. The SMILES string of the molecule is c1ccc(-c2nc(-c3ccc(-c4cccnc4)cc3)nc(-c3ccc4c(c3)-c3ccc5ccccc5c3Sc3ccccc3-c3ccccc3-c3ccccc3-4)n2)cc1. The van der Waals surface area contributed by atoms with Crippen LogP contribution in [0.25, 0.3) is 101 Å². The Morgan fingerprint density at radius 1 is 0.322 bits per heavy atom. The third-order valence-electron chi connectivity index (χ3n) is 11.1. The van der Waals surface area contributed by atoms with Crippen LogP contribution < -0.4 is 0 Å². The predicted molar refractivity (Wildman–Crippen MR) is 243 cm³/mol. The van der Waals surface area contributed by atoms with Crippen molar-refractivity contribution in [2.24, 2.45) is 0 Å². The summed E-state index contributed by atoms with van der Waals surface area (Å²) in [7, 11) is 0. The smallest absolute Gasteiger partial charge is 0.164 e. The van der Waals surface area contributed by atoms with Crippen molar-refractivity contribution in [1.29, 1.82) is 0 Å². The second-order valence-electron chi connectivity index (χ2n) is 14.6. The summed E-state index contributed by atoms with van der Waals surface area (Å²) in [6.45, 7) is 0. The van der Waals surface area contributed by atoms with Crippen molar-refractivity contribution in [3.05, 3.63) is 207 Å². The maximum absolute atomic E-state index is 5.21. The Morgan fingerprint density at radius 3 is 1.53 bits per heavy atom. The Balaban J connectivity index is 1.17. The summed E-state index contributed by atoms with van der Waals surface area (Å²) in [6.07, 6.45) is 3.67. The van der Waals surface area contributed by atoms with Crippen LogP contribution in [-0.4, -0.2) is 19.9 Å². The van der Waals surface area contributed by atoms with Gasteiger partial charge in [-0.15, -0.1) is 0 Å². The van der Waals surface area contributed by atoms with E-state index in [0.29, 0.717) is 17.5 Å². The zero-order valence-electron chi connectivity index (χ0n) is 31.8. The molecular formula is C54H34N4S. The molecule has 0 amide bonds. The molecule has 0 aliphatic carbocycles. The number of hydrogen-bond donors (Lipinski definition) is 0. The van der Waals surface area contributed by atoms with E-state index in [0.717, 1.165) is 44.5 Å². The van der Waals surface area contributed by atoms with E-state index in [2.05, 4.69) is 175 Å². The van der Waals surface area contributed by atoms with Crippen LogP contribution in [0.5, 0.6) is 0 Å². The fourth-order valence-electron chi connectivity index (χ4n) is 8.20. The lowest BCUT2D eigenvalue weighted by Crippen LogP contribution is -2.01. The van der Waals surface area contributed by atoms with Crippen molar-refractivity contribution in [1.82, 2.24) is 19.9 Å². The highest BCUT2D eigenvalue weighted by Gasteiger charge is 2.23. The van der Waals surface area contributed by atoms with Crippen LogP contribution in [0.15, 0.2) is 216 Å². The van der Waals surface area contributed by atoms with Crippen LogP contribution in [0, 0.1) is 0 Å². The Hall–Kier alpha value is -7.47. The minimum atomic E-state index is 0.612. The Labute approximate surface area is 347 Å². The zero-order chi connectivity index (χ0) is 39.1. The number of hydrogen-bond acceptors (Lipinski definition) is 5. The number of pyridine rings is 1. The standard InChI is InChI=1S/C54H34N4S/c1-2-14-37(15-3-1)52-56-53(38-26-24-35(25-27-38)40-16-12-32-55-34-40)58-54(57-52)39-29-30-46-44-20-7-6-18-42(44)43-19-8-9-21-45(43)47-22-10-11-23-50(47)59-51-41-17-5-4-13-36(41)28-31-48(51)49(46)33-39/h1-34H. The van der Waals surface area contributed by atoms with E-state index < -0.39 is 0 Å². The lowest BCUT2D eigenvalue weighted by atomic mass is 9.86. The molecule has 2 aromatic heterocycles. The molecule has 0 saturated carbocycles. The topological polar surface area (TPSA) is 51.6 Å². The van der Waals surface area contributed by atoms with Crippen molar-refractivity contribution < 1.29 is 0 Å². The van der Waals surface area contributed by atoms with Crippen molar-refractivity contribution >= 4 is 22.5 Å². The summed E-state index contributed by atoms with van der Waals surface area (Å²) in [5.41, 5.74) is 14.3. The van der Waals surface area contributed by atoms with Gasteiger partial charge >= 0.3 is 0 Å². The summed E-state index contributed by atoms with van der Waals surface area (Å²) in [5, 5.41) is 2.42. The van der Waals surface area contributed by atoms with E-state index in [9.17, 15) is 0 Å². The number of nitrogens with zero attached hydrogens (tertiary/aromatic N) is 4. The van der Waals surface area contributed by atoms with E-state index in [-0.39, 0.29) is 0 Å². The summed E-state index contributed by atoms with van der Waals surface area (Å²) >= 11 is 1.84. The average Bonchev–Trinajstić information content (AvgIpc) is 3.33. The lowest BCUT2D eigenvalue weighted by Gasteiger charge is -2.19. The molecule has 5 heteroatoms. The van der Waals surface area contributed by atoms with Crippen molar-refractivity contribution in [2.45, 2.75) is 9.79 Å². The fourth-order valence-corrected chi connectivity index (χ4v) is 9.43. The van der Waals surface area contributed by atoms with Crippen LogP contribution in [-0.2, 0) is 0 Å². The number of benzene rings is 8. The highest BCUT2D eigenvalue weighted by atomic mass is 32.2. The monoisotopic (exact) mass is 770 g/mol.